The molecule has 10 aromatic rings. The summed E-state index contributed by atoms with van der Waals surface area (Å²) in [6.07, 6.45) is 1.94. The minimum absolute atomic E-state index is 0.162. The summed E-state index contributed by atoms with van der Waals surface area (Å²) in [6.45, 7) is 13.8. The number of hydrogen-bond acceptors (Lipinski definition) is 1. The molecule has 0 radical (unpaired) electrons. The fraction of sp³-hybridized carbons (Fsp3) is 0.0645. The third-order valence-corrected chi connectivity index (χ3v) is 14.2. The molecule has 0 fully saturated rings. The van der Waals surface area contributed by atoms with Gasteiger partial charge in [-0.05, 0) is 116 Å². The van der Waals surface area contributed by atoms with Gasteiger partial charge in [0.25, 0.3) is 0 Å². The molecule has 1 heterocycles. The lowest BCUT2D eigenvalue weighted by atomic mass is 9.67. The molecule has 0 bridgehead atoms. The number of rotatable bonds is 8. The Balaban J connectivity index is 1.09. The van der Waals surface area contributed by atoms with Gasteiger partial charge in [-0.25, -0.2) is 0 Å². The number of para-hydroxylation sites is 2. The van der Waals surface area contributed by atoms with E-state index in [0.29, 0.717) is 0 Å². The molecule has 0 aliphatic heterocycles. The summed E-state index contributed by atoms with van der Waals surface area (Å²) in [5.74, 6) is 0. The normalized spacial score (nSPS) is 15.3. The van der Waals surface area contributed by atoms with Crippen LogP contribution in [-0.2, 0) is 10.8 Å². The van der Waals surface area contributed by atoms with Crippen LogP contribution in [0.5, 0.6) is 0 Å². The number of allylic oxidation sites excluding steroid dienone is 2. The predicted molar refractivity (Wildman–Crippen MR) is 270 cm³/mol. The molecule has 0 saturated heterocycles. The van der Waals surface area contributed by atoms with Crippen molar-refractivity contribution in [3.8, 4) is 39.1 Å². The van der Waals surface area contributed by atoms with Crippen molar-refractivity contribution in [2.24, 2.45) is 0 Å². The fourth-order valence-corrected chi connectivity index (χ4v) is 11.3. The maximum atomic E-state index is 4.73. The molecule has 1 unspecified atom stereocenters. The van der Waals surface area contributed by atoms with Crippen LogP contribution in [0.1, 0.15) is 41.7 Å². The summed E-state index contributed by atoms with van der Waals surface area (Å²) in [7, 11) is 0. The summed E-state index contributed by atoms with van der Waals surface area (Å²) in [5, 5.41) is 2.50. The topological polar surface area (TPSA) is 8.17 Å². The van der Waals surface area contributed by atoms with E-state index in [4.69, 9.17) is 6.58 Å². The minimum Gasteiger partial charge on any atom is -0.310 e. The lowest BCUT2D eigenvalue weighted by Gasteiger charge is -2.34. The van der Waals surface area contributed by atoms with Crippen LogP contribution >= 0.6 is 0 Å². The first-order chi connectivity index (χ1) is 31.4. The van der Waals surface area contributed by atoms with E-state index in [1.807, 2.05) is 6.08 Å². The van der Waals surface area contributed by atoms with Crippen LogP contribution in [0.2, 0.25) is 0 Å². The van der Waals surface area contributed by atoms with E-state index in [1.165, 1.54) is 83.0 Å². The van der Waals surface area contributed by atoms with Crippen LogP contribution in [0.3, 0.4) is 0 Å². The van der Waals surface area contributed by atoms with E-state index in [1.54, 1.807) is 0 Å². The van der Waals surface area contributed by atoms with Gasteiger partial charge in [-0.3, -0.25) is 0 Å². The van der Waals surface area contributed by atoms with Crippen LogP contribution in [-0.4, -0.2) is 4.57 Å². The Hall–Kier alpha value is -7.94. The molecular weight excluding hydrogens is 773 g/mol. The molecule has 2 nitrogen and oxygen atoms in total. The molecule has 2 heteroatoms. The highest BCUT2D eigenvalue weighted by Crippen LogP contribution is 2.60. The molecule has 12 rings (SSSR count). The smallest absolute Gasteiger partial charge is 0.0708 e. The van der Waals surface area contributed by atoms with Gasteiger partial charge in [0.05, 0.1) is 22.1 Å². The van der Waals surface area contributed by atoms with Crippen molar-refractivity contribution in [2.75, 3.05) is 4.90 Å². The Kier molecular flexibility index (Phi) is 8.45. The number of fused-ring (bicyclic) bond motifs is 9. The third-order valence-electron chi connectivity index (χ3n) is 14.2. The zero-order valence-electron chi connectivity index (χ0n) is 36.1. The van der Waals surface area contributed by atoms with Gasteiger partial charge in [0.15, 0.2) is 0 Å². The predicted octanol–water partition coefficient (Wildman–Crippen LogP) is 16.3. The number of aromatic nitrogens is 1. The molecule has 1 atom stereocenters. The highest BCUT2D eigenvalue weighted by molar-refractivity contribution is 6.16. The zero-order valence-corrected chi connectivity index (χ0v) is 36.1. The maximum Gasteiger partial charge on any atom is 0.0708 e. The molecule has 0 saturated carbocycles. The molecule has 304 valence electrons. The number of hydrogen-bond donors (Lipinski definition) is 0. The average molecular weight is 819 g/mol. The van der Waals surface area contributed by atoms with Crippen molar-refractivity contribution in [1.82, 2.24) is 4.57 Å². The summed E-state index contributed by atoms with van der Waals surface area (Å²) < 4.78 is 2.39. The van der Waals surface area contributed by atoms with Gasteiger partial charge in [-0.1, -0.05) is 191 Å². The molecule has 0 N–H and O–H groups in total. The molecule has 64 heavy (non-hydrogen) atoms. The molecule has 2 aliphatic rings. The second kappa shape index (κ2) is 14.3. The lowest BCUT2D eigenvalue weighted by molar-refractivity contribution is 0.660. The summed E-state index contributed by atoms with van der Waals surface area (Å²) >= 11 is 0. The second-order valence-electron chi connectivity index (χ2n) is 17.8. The van der Waals surface area contributed by atoms with Crippen LogP contribution in [0.15, 0.2) is 237 Å². The molecule has 2 aliphatic carbocycles. The van der Waals surface area contributed by atoms with Crippen LogP contribution in [0.25, 0.3) is 60.9 Å². The standard InChI is InChI=1S/C62H46N2/c1-5-41(2)62(43-20-8-6-9-21-43)53-29-16-13-25-50(53)60-54(62)30-19-33-58(60)63(46-38-39-49-48-24-12-15-28-52(48)61(3,4)55(49)40-46)45-36-34-42(35-37-45)47-27-18-32-57-59(47)51-26-14-17-31-56(51)64(57)44-22-10-7-11-23-44/h5-40H,1-2H2,3-4H3. The van der Waals surface area contributed by atoms with E-state index in [2.05, 4.69) is 242 Å². The summed E-state index contributed by atoms with van der Waals surface area (Å²) in [6, 6.07) is 78.0. The third kappa shape index (κ3) is 5.26. The first-order valence-corrected chi connectivity index (χ1v) is 22.2. The van der Waals surface area contributed by atoms with Crippen molar-refractivity contribution >= 4 is 38.9 Å². The van der Waals surface area contributed by atoms with Crippen LogP contribution < -0.4 is 4.90 Å². The summed E-state index contributed by atoms with van der Waals surface area (Å²) in [4.78, 5) is 2.48. The molecule has 0 amide bonds. The van der Waals surface area contributed by atoms with Gasteiger partial charge in [0.1, 0.15) is 0 Å². The Morgan fingerprint density at radius 2 is 1.09 bits per heavy atom. The second-order valence-corrected chi connectivity index (χ2v) is 17.8. The fourth-order valence-electron chi connectivity index (χ4n) is 11.3. The SMILES string of the molecule is C=CC(=C)C1(c2ccccc2)c2ccccc2-c2c(N(c3ccc(-c4cccc5c4c4ccccc4n5-c4ccccc4)cc3)c3ccc4c(c3)C(C)(C)c3ccccc3-4)cccc21. The first-order valence-electron chi connectivity index (χ1n) is 22.2. The van der Waals surface area contributed by atoms with Crippen LogP contribution in [0.4, 0.5) is 17.1 Å². The van der Waals surface area contributed by atoms with Gasteiger partial charge in [-0.15, -0.1) is 0 Å². The zero-order chi connectivity index (χ0) is 43.2. The average Bonchev–Trinajstić information content (AvgIpc) is 3.94. The van der Waals surface area contributed by atoms with Crippen LogP contribution in [0, 0.1) is 0 Å². The Labute approximate surface area is 375 Å². The van der Waals surface area contributed by atoms with Gasteiger partial charge >= 0.3 is 0 Å². The van der Waals surface area contributed by atoms with Gasteiger partial charge < -0.3 is 9.47 Å². The number of benzene rings is 9. The molecular formula is C62H46N2. The number of anilines is 3. The van der Waals surface area contributed by atoms with Crippen molar-refractivity contribution in [1.29, 1.82) is 0 Å². The Bertz CT molecular complexity index is 3500. The lowest BCUT2D eigenvalue weighted by Crippen LogP contribution is -2.28. The first kappa shape index (κ1) is 37.8. The Morgan fingerprint density at radius 3 is 1.88 bits per heavy atom. The van der Waals surface area contributed by atoms with E-state index >= 15 is 0 Å². The molecule has 0 spiro atoms. The molecule has 1 aromatic heterocycles. The van der Waals surface area contributed by atoms with E-state index in [-0.39, 0.29) is 5.41 Å². The van der Waals surface area contributed by atoms with Crippen molar-refractivity contribution in [2.45, 2.75) is 24.7 Å². The van der Waals surface area contributed by atoms with Gasteiger partial charge in [0, 0.05) is 38.8 Å². The number of nitrogens with zero attached hydrogens (tertiary/aromatic N) is 2. The van der Waals surface area contributed by atoms with Crippen molar-refractivity contribution in [3.63, 3.8) is 0 Å². The van der Waals surface area contributed by atoms with Crippen molar-refractivity contribution in [3.05, 3.63) is 265 Å². The van der Waals surface area contributed by atoms with Gasteiger partial charge in [-0.2, -0.15) is 0 Å². The summed E-state index contributed by atoms with van der Waals surface area (Å²) in [5.41, 5.74) is 20.8. The Morgan fingerprint density at radius 1 is 0.500 bits per heavy atom. The van der Waals surface area contributed by atoms with E-state index in [9.17, 15) is 0 Å². The minimum atomic E-state index is -0.611. The molecule has 9 aromatic carbocycles. The van der Waals surface area contributed by atoms with Crippen molar-refractivity contribution < 1.29 is 0 Å². The van der Waals surface area contributed by atoms with E-state index < -0.39 is 5.41 Å². The highest BCUT2D eigenvalue weighted by atomic mass is 15.1. The quantitative estimate of drug-likeness (QED) is 0.139. The van der Waals surface area contributed by atoms with Gasteiger partial charge in [0.2, 0.25) is 0 Å². The largest absolute Gasteiger partial charge is 0.310 e. The highest BCUT2D eigenvalue weighted by Gasteiger charge is 2.47. The van der Waals surface area contributed by atoms with E-state index in [0.717, 1.165) is 28.3 Å². The monoisotopic (exact) mass is 818 g/mol. The maximum absolute atomic E-state index is 4.73.